The van der Waals surface area contributed by atoms with Crippen LogP contribution in [-0.4, -0.2) is 57.6 Å². The van der Waals surface area contributed by atoms with Gasteiger partial charge in [-0.15, -0.1) is 13.2 Å². The Bertz CT molecular complexity index is 644. The molecule has 124 valence electrons. The SMILES string of the molecule is CN(C)C(=O)CN(C)S(=O)(=O)c1cccc(OC(F)(F)F)c1. The minimum Gasteiger partial charge on any atom is -0.406 e. The van der Waals surface area contributed by atoms with Crippen molar-refractivity contribution in [3.8, 4) is 5.75 Å². The molecule has 0 unspecified atom stereocenters. The van der Waals surface area contributed by atoms with E-state index in [2.05, 4.69) is 4.74 Å². The van der Waals surface area contributed by atoms with Crippen molar-refractivity contribution < 1.29 is 31.1 Å². The topological polar surface area (TPSA) is 66.9 Å². The summed E-state index contributed by atoms with van der Waals surface area (Å²) in [5.41, 5.74) is 0. The number of hydrogen-bond acceptors (Lipinski definition) is 4. The molecule has 0 aliphatic rings. The molecule has 22 heavy (non-hydrogen) atoms. The molecule has 0 aliphatic heterocycles. The van der Waals surface area contributed by atoms with Gasteiger partial charge >= 0.3 is 6.36 Å². The summed E-state index contributed by atoms with van der Waals surface area (Å²) in [6.45, 7) is -0.431. The first-order chi connectivity index (χ1) is 9.93. The van der Waals surface area contributed by atoms with E-state index in [0.717, 1.165) is 35.6 Å². The van der Waals surface area contributed by atoms with E-state index in [0.29, 0.717) is 0 Å². The summed E-state index contributed by atoms with van der Waals surface area (Å²) < 4.78 is 65.4. The van der Waals surface area contributed by atoms with Crippen molar-refractivity contribution >= 4 is 15.9 Å². The molecular weight excluding hydrogens is 325 g/mol. The summed E-state index contributed by atoms with van der Waals surface area (Å²) in [4.78, 5) is 12.3. The van der Waals surface area contributed by atoms with Gasteiger partial charge in [-0.1, -0.05) is 6.07 Å². The van der Waals surface area contributed by atoms with Crippen LogP contribution in [0.5, 0.6) is 5.75 Å². The number of benzene rings is 1. The fourth-order valence-corrected chi connectivity index (χ4v) is 2.58. The van der Waals surface area contributed by atoms with Crippen molar-refractivity contribution in [3.63, 3.8) is 0 Å². The summed E-state index contributed by atoms with van der Waals surface area (Å²) in [7, 11) is -0.0286. The molecule has 1 rings (SSSR count). The zero-order chi connectivity index (χ0) is 17.1. The Labute approximate surface area is 126 Å². The van der Waals surface area contributed by atoms with E-state index in [1.54, 1.807) is 0 Å². The van der Waals surface area contributed by atoms with Crippen LogP contribution in [0.3, 0.4) is 0 Å². The first-order valence-corrected chi connectivity index (χ1v) is 7.40. The number of amides is 1. The molecule has 0 radical (unpaired) electrons. The van der Waals surface area contributed by atoms with Crippen LogP contribution in [0.25, 0.3) is 0 Å². The van der Waals surface area contributed by atoms with Crippen LogP contribution in [0.1, 0.15) is 0 Å². The van der Waals surface area contributed by atoms with Gasteiger partial charge in [0, 0.05) is 27.2 Å². The van der Waals surface area contributed by atoms with Gasteiger partial charge in [-0.05, 0) is 12.1 Å². The lowest BCUT2D eigenvalue weighted by molar-refractivity contribution is -0.274. The Morgan fingerprint density at radius 3 is 2.32 bits per heavy atom. The van der Waals surface area contributed by atoms with Crippen molar-refractivity contribution in [2.75, 3.05) is 27.7 Å². The molecule has 0 saturated carbocycles. The second-order valence-electron chi connectivity index (χ2n) is 4.57. The number of alkyl halides is 3. The lowest BCUT2D eigenvalue weighted by atomic mass is 10.3. The zero-order valence-corrected chi connectivity index (χ0v) is 12.9. The highest BCUT2D eigenvalue weighted by molar-refractivity contribution is 7.89. The maximum absolute atomic E-state index is 12.2. The number of ether oxygens (including phenoxy) is 1. The van der Waals surface area contributed by atoms with E-state index in [4.69, 9.17) is 0 Å². The predicted molar refractivity (Wildman–Crippen MR) is 71.6 cm³/mol. The van der Waals surface area contributed by atoms with Gasteiger partial charge in [-0.2, -0.15) is 4.31 Å². The highest BCUT2D eigenvalue weighted by Crippen LogP contribution is 2.25. The molecule has 0 bridgehead atoms. The number of carbonyl (C=O) groups is 1. The molecule has 1 amide bonds. The highest BCUT2D eigenvalue weighted by Gasteiger charge is 2.32. The number of likely N-dealkylation sites (N-methyl/N-ethyl adjacent to an activating group) is 2. The Hall–Kier alpha value is -1.81. The maximum Gasteiger partial charge on any atom is 0.573 e. The first kappa shape index (κ1) is 18.2. The summed E-state index contributed by atoms with van der Waals surface area (Å²) >= 11 is 0. The normalized spacial score (nSPS) is 12.3. The van der Waals surface area contributed by atoms with Gasteiger partial charge in [-0.25, -0.2) is 8.42 Å². The molecule has 0 fully saturated rings. The Kier molecular flexibility index (Phi) is 5.41. The molecule has 0 saturated heterocycles. The first-order valence-electron chi connectivity index (χ1n) is 5.96. The third-order valence-electron chi connectivity index (χ3n) is 2.60. The molecule has 0 aliphatic carbocycles. The minimum atomic E-state index is -4.92. The summed E-state index contributed by atoms with van der Waals surface area (Å²) in [6.07, 6.45) is -4.92. The van der Waals surface area contributed by atoms with Crippen LogP contribution >= 0.6 is 0 Å². The number of hydrogen-bond donors (Lipinski definition) is 0. The van der Waals surface area contributed by atoms with Gasteiger partial charge in [-0.3, -0.25) is 4.79 Å². The van der Waals surface area contributed by atoms with E-state index in [-0.39, 0.29) is 0 Å². The van der Waals surface area contributed by atoms with Gasteiger partial charge in [0.1, 0.15) is 5.75 Å². The van der Waals surface area contributed by atoms with Gasteiger partial charge in [0.2, 0.25) is 15.9 Å². The third kappa shape index (κ3) is 4.88. The van der Waals surface area contributed by atoms with Crippen molar-refractivity contribution in [2.24, 2.45) is 0 Å². The van der Waals surface area contributed by atoms with Crippen LogP contribution in [0.15, 0.2) is 29.2 Å². The van der Waals surface area contributed by atoms with Crippen LogP contribution in [0.4, 0.5) is 13.2 Å². The molecule has 6 nitrogen and oxygen atoms in total. The van der Waals surface area contributed by atoms with Crippen LogP contribution in [0, 0.1) is 0 Å². The molecule has 0 N–H and O–H groups in total. The standard InChI is InChI=1S/C12H15F3N2O4S/c1-16(2)11(18)8-17(3)22(19,20)10-6-4-5-9(7-10)21-12(13,14)15/h4-7H,8H2,1-3H3. The Balaban J connectivity index is 3.03. The van der Waals surface area contributed by atoms with Crippen LogP contribution in [0.2, 0.25) is 0 Å². The highest BCUT2D eigenvalue weighted by atomic mass is 32.2. The van der Waals surface area contributed by atoms with E-state index in [1.807, 2.05) is 0 Å². The molecule has 0 heterocycles. The molecule has 0 atom stereocenters. The van der Waals surface area contributed by atoms with Gasteiger partial charge in [0.25, 0.3) is 0 Å². The second-order valence-corrected chi connectivity index (χ2v) is 6.62. The fraction of sp³-hybridized carbons (Fsp3) is 0.417. The van der Waals surface area contributed by atoms with Gasteiger partial charge < -0.3 is 9.64 Å². The summed E-state index contributed by atoms with van der Waals surface area (Å²) in [6, 6.07) is 3.97. The van der Waals surface area contributed by atoms with Gasteiger partial charge in [0.15, 0.2) is 0 Å². The van der Waals surface area contributed by atoms with Crippen molar-refractivity contribution in [3.05, 3.63) is 24.3 Å². The maximum atomic E-state index is 12.2. The van der Waals surface area contributed by atoms with Crippen molar-refractivity contribution in [1.29, 1.82) is 0 Å². The van der Waals surface area contributed by atoms with Crippen LogP contribution < -0.4 is 4.74 Å². The van der Waals surface area contributed by atoms with E-state index < -0.39 is 39.5 Å². The van der Waals surface area contributed by atoms with Gasteiger partial charge in [0.05, 0.1) is 11.4 Å². The second kappa shape index (κ2) is 6.53. The largest absolute Gasteiger partial charge is 0.573 e. The van der Waals surface area contributed by atoms with E-state index >= 15 is 0 Å². The fourth-order valence-electron chi connectivity index (χ4n) is 1.43. The van der Waals surface area contributed by atoms with E-state index in [9.17, 15) is 26.4 Å². The minimum absolute atomic E-state index is 0.400. The number of halogens is 3. The monoisotopic (exact) mass is 340 g/mol. The smallest absolute Gasteiger partial charge is 0.406 e. The molecule has 10 heteroatoms. The number of sulfonamides is 1. The van der Waals surface area contributed by atoms with Crippen molar-refractivity contribution in [2.45, 2.75) is 11.3 Å². The predicted octanol–water partition coefficient (Wildman–Crippen LogP) is 1.29. The molecule has 1 aromatic carbocycles. The lowest BCUT2D eigenvalue weighted by Crippen LogP contribution is -2.37. The molecule has 0 aromatic heterocycles. The van der Waals surface area contributed by atoms with Crippen LogP contribution in [-0.2, 0) is 14.8 Å². The summed E-state index contributed by atoms with van der Waals surface area (Å²) in [5, 5.41) is 0. The molecular formula is C12H15F3N2O4S. The average molecular weight is 340 g/mol. The number of rotatable bonds is 5. The molecule has 1 aromatic rings. The number of nitrogens with zero attached hydrogens (tertiary/aromatic N) is 2. The molecule has 0 spiro atoms. The Morgan fingerprint density at radius 1 is 1.23 bits per heavy atom. The quantitative estimate of drug-likeness (QED) is 0.810. The zero-order valence-electron chi connectivity index (χ0n) is 12.1. The number of carbonyl (C=O) groups excluding carboxylic acids is 1. The Morgan fingerprint density at radius 2 is 1.82 bits per heavy atom. The summed E-state index contributed by atoms with van der Waals surface area (Å²) in [5.74, 6) is -1.12. The van der Waals surface area contributed by atoms with E-state index in [1.165, 1.54) is 19.0 Å². The average Bonchev–Trinajstić information content (AvgIpc) is 2.36. The lowest BCUT2D eigenvalue weighted by Gasteiger charge is -2.19. The third-order valence-corrected chi connectivity index (χ3v) is 4.40. The van der Waals surface area contributed by atoms with Crippen molar-refractivity contribution in [1.82, 2.24) is 9.21 Å².